The smallest absolute Gasteiger partial charge is 0 e. The van der Waals surface area contributed by atoms with Crippen LogP contribution in [0.15, 0.2) is 18.2 Å². The van der Waals surface area contributed by atoms with Crippen molar-refractivity contribution in [3.63, 3.8) is 0 Å². The third kappa shape index (κ3) is 10.2. The molecule has 0 aromatic heterocycles. The average molecular weight is 268 g/mol. The predicted molar refractivity (Wildman–Crippen MR) is 61.7 cm³/mol. The molecule has 1 aromatic rings. The van der Waals surface area contributed by atoms with Crippen LogP contribution in [-0.4, -0.2) is 0 Å². The van der Waals surface area contributed by atoms with Gasteiger partial charge < -0.3 is 5.32 Å². The van der Waals surface area contributed by atoms with Gasteiger partial charge in [0.1, 0.15) is 0 Å². The summed E-state index contributed by atoms with van der Waals surface area (Å²) in [6, 6.07) is 8.86. The first-order valence-electron chi connectivity index (χ1n) is 4.84. The fraction of sp³-hybridized carbons (Fsp3) is 0.417. The minimum Gasteiger partial charge on any atom is -0.558 e. The third-order valence-corrected chi connectivity index (χ3v) is 1.15. The third-order valence-electron chi connectivity index (χ3n) is 1.15. The maximum atomic E-state index is 3.52. The van der Waals surface area contributed by atoms with Gasteiger partial charge in [0.25, 0.3) is 0 Å². The quantitative estimate of drug-likeness (QED) is 0.758. The van der Waals surface area contributed by atoms with E-state index in [1.165, 1.54) is 5.56 Å². The molecule has 2 heteroatoms. The van der Waals surface area contributed by atoms with Crippen molar-refractivity contribution in [2.45, 2.75) is 34.6 Å². The SMILES string of the molecule is CC.CC.[CH2-]Nc1[c-]ccc(C)c1.[Y]. The van der Waals surface area contributed by atoms with Crippen LogP contribution in [0.2, 0.25) is 0 Å². The molecule has 1 N–H and O–H groups in total. The molecule has 0 aliphatic carbocycles. The number of nitrogens with one attached hydrogen (secondary N) is 1. The van der Waals surface area contributed by atoms with Crippen molar-refractivity contribution in [2.24, 2.45) is 0 Å². The Labute approximate surface area is 115 Å². The minimum absolute atomic E-state index is 0. The number of hydrogen-bond acceptors (Lipinski definition) is 1. The van der Waals surface area contributed by atoms with E-state index in [4.69, 9.17) is 0 Å². The number of anilines is 1. The summed E-state index contributed by atoms with van der Waals surface area (Å²) in [6.07, 6.45) is 0. The van der Waals surface area contributed by atoms with E-state index in [9.17, 15) is 0 Å². The number of aryl methyl sites for hydroxylation is 1. The monoisotopic (exact) mass is 268 g/mol. The average Bonchev–Trinajstić information content (AvgIpc) is 2.24. The first-order valence-corrected chi connectivity index (χ1v) is 4.84. The van der Waals surface area contributed by atoms with E-state index in [0.29, 0.717) is 0 Å². The summed E-state index contributed by atoms with van der Waals surface area (Å²) in [5, 5.41) is 2.76. The van der Waals surface area contributed by atoms with Crippen LogP contribution in [0.5, 0.6) is 0 Å². The summed E-state index contributed by atoms with van der Waals surface area (Å²) < 4.78 is 0. The van der Waals surface area contributed by atoms with Gasteiger partial charge in [0, 0.05) is 32.7 Å². The van der Waals surface area contributed by atoms with Gasteiger partial charge in [-0.05, 0) is 0 Å². The van der Waals surface area contributed by atoms with Gasteiger partial charge in [0.15, 0.2) is 0 Å². The van der Waals surface area contributed by atoms with E-state index in [1.807, 2.05) is 52.8 Å². The Hall–Kier alpha value is 0.124. The molecule has 1 radical (unpaired) electrons. The second-order valence-corrected chi connectivity index (χ2v) is 1.96. The minimum atomic E-state index is 0. The molecule has 0 heterocycles. The molecular formula is C12H21NY-2. The molecule has 0 fully saturated rings. The number of hydrogen-bond donors (Lipinski definition) is 1. The summed E-state index contributed by atoms with van der Waals surface area (Å²) >= 11 is 0. The van der Waals surface area contributed by atoms with Crippen LogP contribution < -0.4 is 5.32 Å². The van der Waals surface area contributed by atoms with E-state index in [2.05, 4.69) is 18.4 Å². The molecule has 1 nitrogen and oxygen atoms in total. The number of rotatable bonds is 1. The second-order valence-electron chi connectivity index (χ2n) is 1.96. The van der Waals surface area contributed by atoms with Crippen molar-refractivity contribution in [1.29, 1.82) is 0 Å². The molecule has 14 heavy (non-hydrogen) atoms. The van der Waals surface area contributed by atoms with Gasteiger partial charge >= 0.3 is 0 Å². The zero-order valence-corrected chi connectivity index (χ0v) is 12.9. The molecule has 0 unspecified atom stereocenters. The molecule has 79 valence electrons. The molecule has 0 spiro atoms. The fourth-order valence-corrected chi connectivity index (χ4v) is 0.682. The van der Waals surface area contributed by atoms with Crippen LogP contribution >= 0.6 is 0 Å². The standard InChI is InChI=1S/C8H9N.2C2H6.Y/c1-7-4-3-5-8(6-7)9-2;2*1-2;/h3-4,6,9H,2H2,1H3;2*1-2H3;/q-2;;;. The topological polar surface area (TPSA) is 12.0 Å². The van der Waals surface area contributed by atoms with Gasteiger partial charge in [0.05, 0.1) is 0 Å². The van der Waals surface area contributed by atoms with Crippen molar-refractivity contribution in [2.75, 3.05) is 5.32 Å². The number of benzene rings is 1. The zero-order chi connectivity index (χ0) is 10.7. The van der Waals surface area contributed by atoms with E-state index in [1.54, 1.807) is 0 Å². The zero-order valence-electron chi connectivity index (χ0n) is 10.0. The van der Waals surface area contributed by atoms with E-state index >= 15 is 0 Å². The van der Waals surface area contributed by atoms with E-state index in [0.717, 1.165) is 5.69 Å². The molecule has 0 aliphatic rings. The van der Waals surface area contributed by atoms with E-state index < -0.39 is 0 Å². The maximum absolute atomic E-state index is 3.52. The Balaban J connectivity index is -0.000000216. The van der Waals surface area contributed by atoms with Gasteiger partial charge in [-0.1, -0.05) is 34.6 Å². The Bertz CT molecular complexity index is 199. The van der Waals surface area contributed by atoms with Crippen molar-refractivity contribution in [1.82, 2.24) is 0 Å². The molecule has 0 saturated heterocycles. The molecule has 1 aromatic carbocycles. The first-order chi connectivity index (χ1) is 6.33. The Morgan fingerprint density at radius 1 is 1.21 bits per heavy atom. The Morgan fingerprint density at radius 2 is 1.71 bits per heavy atom. The van der Waals surface area contributed by atoms with Crippen LogP contribution in [0.3, 0.4) is 0 Å². The first kappa shape index (κ1) is 19.7. The largest absolute Gasteiger partial charge is 0.558 e. The molecule has 0 saturated carbocycles. The normalized spacial score (nSPS) is 6.71. The Kier molecular flexibility index (Phi) is 21.9. The molecule has 0 atom stereocenters. The predicted octanol–water partition coefficient (Wildman–Crippen LogP) is 4.05. The van der Waals surface area contributed by atoms with Crippen molar-refractivity contribution >= 4 is 5.69 Å². The summed E-state index contributed by atoms with van der Waals surface area (Å²) in [7, 11) is 3.52. The fourth-order valence-electron chi connectivity index (χ4n) is 0.682. The molecule has 1 rings (SSSR count). The second kappa shape index (κ2) is 15.6. The summed E-state index contributed by atoms with van der Waals surface area (Å²) in [4.78, 5) is 0. The van der Waals surface area contributed by atoms with Gasteiger partial charge in [-0.2, -0.15) is 23.8 Å². The van der Waals surface area contributed by atoms with Gasteiger partial charge in [0.2, 0.25) is 0 Å². The molecule has 0 aliphatic heterocycles. The Morgan fingerprint density at radius 3 is 2.00 bits per heavy atom. The van der Waals surface area contributed by atoms with E-state index in [-0.39, 0.29) is 32.7 Å². The van der Waals surface area contributed by atoms with Gasteiger partial charge in [-0.25, -0.2) is 0 Å². The summed E-state index contributed by atoms with van der Waals surface area (Å²) in [6.45, 7) is 10.0. The molecule has 0 bridgehead atoms. The molecule has 0 amide bonds. The summed E-state index contributed by atoms with van der Waals surface area (Å²) in [5.41, 5.74) is 2.16. The maximum Gasteiger partial charge on any atom is 0 e. The van der Waals surface area contributed by atoms with Gasteiger partial charge in [-0.3, -0.25) is 7.05 Å². The van der Waals surface area contributed by atoms with Crippen LogP contribution in [-0.2, 0) is 32.7 Å². The van der Waals surface area contributed by atoms with Crippen LogP contribution in [0.1, 0.15) is 33.3 Å². The van der Waals surface area contributed by atoms with Crippen LogP contribution in [0, 0.1) is 20.0 Å². The van der Waals surface area contributed by atoms with Crippen LogP contribution in [0.4, 0.5) is 5.69 Å². The van der Waals surface area contributed by atoms with Crippen molar-refractivity contribution in [3.05, 3.63) is 36.9 Å². The van der Waals surface area contributed by atoms with Gasteiger partial charge in [-0.15, -0.1) is 11.8 Å². The summed E-state index contributed by atoms with van der Waals surface area (Å²) in [5.74, 6) is 0. The van der Waals surface area contributed by atoms with Crippen molar-refractivity contribution < 1.29 is 32.7 Å². The van der Waals surface area contributed by atoms with Crippen LogP contribution in [0.25, 0.3) is 0 Å². The van der Waals surface area contributed by atoms with Crippen molar-refractivity contribution in [3.8, 4) is 0 Å². The molecular weight excluding hydrogens is 247 g/mol.